The Morgan fingerprint density at radius 2 is 1.75 bits per heavy atom. The van der Waals surface area contributed by atoms with Crippen molar-refractivity contribution < 1.29 is 18.0 Å². The minimum Gasteiger partial charge on any atom is -0.350 e. The van der Waals surface area contributed by atoms with Gasteiger partial charge in [0.05, 0.1) is 10.6 Å². The summed E-state index contributed by atoms with van der Waals surface area (Å²) in [5.41, 5.74) is 2.69. The Kier molecular flexibility index (Phi) is 7.33. The van der Waals surface area contributed by atoms with E-state index in [1.165, 1.54) is 6.07 Å². The van der Waals surface area contributed by atoms with Crippen LogP contribution < -0.4 is 9.62 Å². The SMILES string of the molecule is Cc1ccccc1S(=O)(=O)N(CC(=O)NCc1cccc(C=O)c1)c1cccc(Cl)c1C. The molecule has 0 aliphatic heterocycles. The molecule has 0 fully saturated rings. The van der Waals surface area contributed by atoms with Gasteiger partial charge in [-0.1, -0.05) is 54.1 Å². The third-order valence-electron chi connectivity index (χ3n) is 5.03. The lowest BCUT2D eigenvalue weighted by molar-refractivity contribution is -0.119. The molecule has 8 heteroatoms. The number of amides is 1. The lowest BCUT2D eigenvalue weighted by Gasteiger charge is -2.26. The van der Waals surface area contributed by atoms with E-state index in [0.717, 1.165) is 16.2 Å². The molecule has 0 atom stereocenters. The average Bonchev–Trinajstić information content (AvgIpc) is 2.78. The third-order valence-corrected chi connectivity index (χ3v) is 7.36. The summed E-state index contributed by atoms with van der Waals surface area (Å²) in [4.78, 5) is 23.9. The predicted molar refractivity (Wildman–Crippen MR) is 126 cm³/mol. The van der Waals surface area contributed by atoms with Crippen LogP contribution in [0.25, 0.3) is 0 Å². The molecule has 0 radical (unpaired) electrons. The van der Waals surface area contributed by atoms with E-state index >= 15 is 0 Å². The first-order valence-electron chi connectivity index (χ1n) is 9.88. The number of aldehydes is 1. The fraction of sp³-hybridized carbons (Fsp3) is 0.167. The fourth-order valence-corrected chi connectivity index (χ4v) is 5.17. The molecule has 0 aliphatic rings. The minimum atomic E-state index is -4.05. The maximum Gasteiger partial charge on any atom is 0.265 e. The smallest absolute Gasteiger partial charge is 0.265 e. The average molecular weight is 471 g/mol. The van der Waals surface area contributed by atoms with Crippen LogP contribution in [0.1, 0.15) is 27.0 Å². The van der Waals surface area contributed by atoms with E-state index in [1.54, 1.807) is 74.5 Å². The summed E-state index contributed by atoms with van der Waals surface area (Å²) in [5, 5.41) is 3.13. The van der Waals surface area contributed by atoms with E-state index < -0.39 is 22.5 Å². The molecule has 0 saturated carbocycles. The van der Waals surface area contributed by atoms with Gasteiger partial charge in [0.2, 0.25) is 5.91 Å². The van der Waals surface area contributed by atoms with Crippen LogP contribution >= 0.6 is 11.6 Å². The summed E-state index contributed by atoms with van der Waals surface area (Å²) in [6.45, 7) is 3.15. The topological polar surface area (TPSA) is 83.6 Å². The van der Waals surface area contributed by atoms with Gasteiger partial charge in [0, 0.05) is 17.1 Å². The van der Waals surface area contributed by atoms with Crippen molar-refractivity contribution in [3.63, 3.8) is 0 Å². The Hall–Kier alpha value is -3.16. The third kappa shape index (κ3) is 5.18. The zero-order valence-corrected chi connectivity index (χ0v) is 19.3. The van der Waals surface area contributed by atoms with E-state index in [9.17, 15) is 18.0 Å². The van der Waals surface area contributed by atoms with E-state index in [4.69, 9.17) is 11.6 Å². The van der Waals surface area contributed by atoms with Gasteiger partial charge < -0.3 is 5.32 Å². The second-order valence-electron chi connectivity index (χ2n) is 7.30. The molecule has 0 bridgehead atoms. The number of aryl methyl sites for hydroxylation is 1. The van der Waals surface area contributed by atoms with E-state index in [1.807, 2.05) is 0 Å². The van der Waals surface area contributed by atoms with Gasteiger partial charge in [0.25, 0.3) is 10.0 Å². The van der Waals surface area contributed by atoms with Crippen molar-refractivity contribution in [3.8, 4) is 0 Å². The number of rotatable bonds is 8. The lowest BCUT2D eigenvalue weighted by atomic mass is 10.1. The molecule has 166 valence electrons. The molecule has 0 spiro atoms. The van der Waals surface area contributed by atoms with Crippen molar-refractivity contribution in [2.45, 2.75) is 25.3 Å². The quantitative estimate of drug-likeness (QED) is 0.498. The maximum atomic E-state index is 13.6. The molecule has 3 rings (SSSR count). The number of nitrogens with one attached hydrogen (secondary N) is 1. The molecular weight excluding hydrogens is 448 g/mol. The number of hydrogen-bond acceptors (Lipinski definition) is 4. The van der Waals surface area contributed by atoms with Crippen LogP contribution in [0.3, 0.4) is 0 Å². The molecule has 0 saturated heterocycles. The fourth-order valence-electron chi connectivity index (χ4n) is 3.29. The summed E-state index contributed by atoms with van der Waals surface area (Å²) >= 11 is 6.24. The molecule has 0 aliphatic carbocycles. The van der Waals surface area contributed by atoms with Crippen LogP contribution in [0.2, 0.25) is 5.02 Å². The lowest BCUT2D eigenvalue weighted by Crippen LogP contribution is -2.41. The van der Waals surface area contributed by atoms with E-state index in [-0.39, 0.29) is 11.4 Å². The largest absolute Gasteiger partial charge is 0.350 e. The second-order valence-corrected chi connectivity index (χ2v) is 9.54. The molecule has 1 amide bonds. The number of anilines is 1. The molecule has 3 aromatic carbocycles. The normalized spacial score (nSPS) is 11.1. The van der Waals surface area contributed by atoms with Gasteiger partial charge in [0.1, 0.15) is 12.8 Å². The van der Waals surface area contributed by atoms with Gasteiger partial charge in [-0.05, 0) is 54.8 Å². The maximum absolute atomic E-state index is 13.6. The molecule has 32 heavy (non-hydrogen) atoms. The summed E-state index contributed by atoms with van der Waals surface area (Å²) < 4.78 is 28.2. The molecule has 0 unspecified atom stereocenters. The van der Waals surface area contributed by atoms with Gasteiger partial charge in [-0.15, -0.1) is 0 Å². The zero-order valence-electron chi connectivity index (χ0n) is 17.7. The Balaban J connectivity index is 1.92. The Bertz CT molecular complexity index is 1260. The number of carbonyl (C=O) groups excluding carboxylic acids is 2. The van der Waals surface area contributed by atoms with Crippen LogP contribution in [0.15, 0.2) is 71.6 Å². The van der Waals surface area contributed by atoms with Crippen LogP contribution in [0.4, 0.5) is 5.69 Å². The van der Waals surface area contributed by atoms with Crippen LogP contribution in [0, 0.1) is 13.8 Å². The first kappa shape index (κ1) is 23.5. The molecule has 3 aromatic rings. The number of nitrogens with zero attached hydrogens (tertiary/aromatic N) is 1. The van der Waals surface area contributed by atoms with Crippen molar-refractivity contribution in [2.75, 3.05) is 10.8 Å². The van der Waals surface area contributed by atoms with Gasteiger partial charge in [-0.3, -0.25) is 13.9 Å². The summed E-state index contributed by atoms with van der Waals surface area (Å²) in [6, 6.07) is 18.4. The van der Waals surface area contributed by atoms with Crippen LogP contribution in [-0.2, 0) is 21.4 Å². The van der Waals surface area contributed by atoms with Crippen molar-refractivity contribution in [1.29, 1.82) is 0 Å². The molecule has 1 N–H and O–H groups in total. The molecular formula is C24H23ClN2O4S. The van der Waals surface area contributed by atoms with Crippen LogP contribution in [0.5, 0.6) is 0 Å². The van der Waals surface area contributed by atoms with Gasteiger partial charge in [0.15, 0.2) is 0 Å². The number of sulfonamides is 1. The number of benzene rings is 3. The highest BCUT2D eigenvalue weighted by Crippen LogP contribution is 2.31. The number of hydrogen-bond donors (Lipinski definition) is 1. The first-order valence-corrected chi connectivity index (χ1v) is 11.7. The monoisotopic (exact) mass is 470 g/mol. The Morgan fingerprint density at radius 3 is 2.47 bits per heavy atom. The zero-order chi connectivity index (χ0) is 23.3. The summed E-state index contributed by atoms with van der Waals surface area (Å²) in [6.07, 6.45) is 0.726. The van der Waals surface area contributed by atoms with E-state index in [2.05, 4.69) is 5.32 Å². The summed E-state index contributed by atoms with van der Waals surface area (Å²) in [7, 11) is -4.05. The second kappa shape index (κ2) is 9.97. The van der Waals surface area contributed by atoms with E-state index in [0.29, 0.717) is 27.4 Å². The standard InChI is InChI=1S/C24H23ClN2O4S/c1-17-7-3-4-12-23(17)32(30,31)27(22-11-6-10-21(25)18(22)2)15-24(29)26-14-19-8-5-9-20(13-19)16-28/h3-13,16H,14-15H2,1-2H3,(H,26,29). The molecule has 6 nitrogen and oxygen atoms in total. The van der Waals surface area contributed by atoms with Crippen molar-refractivity contribution in [3.05, 3.63) is 94.0 Å². The number of carbonyl (C=O) groups is 2. The van der Waals surface area contributed by atoms with Gasteiger partial charge in [-0.2, -0.15) is 0 Å². The van der Waals surface area contributed by atoms with Crippen LogP contribution in [-0.4, -0.2) is 27.2 Å². The van der Waals surface area contributed by atoms with Crippen molar-refractivity contribution in [2.24, 2.45) is 0 Å². The summed E-state index contributed by atoms with van der Waals surface area (Å²) in [5.74, 6) is -0.488. The minimum absolute atomic E-state index is 0.117. The number of halogens is 1. The highest BCUT2D eigenvalue weighted by atomic mass is 35.5. The highest BCUT2D eigenvalue weighted by molar-refractivity contribution is 7.93. The Morgan fingerprint density at radius 1 is 1.03 bits per heavy atom. The first-order chi connectivity index (χ1) is 15.2. The van der Waals surface area contributed by atoms with Gasteiger partial charge >= 0.3 is 0 Å². The highest BCUT2D eigenvalue weighted by Gasteiger charge is 2.29. The van der Waals surface area contributed by atoms with Gasteiger partial charge in [-0.25, -0.2) is 8.42 Å². The van der Waals surface area contributed by atoms with Crippen molar-refractivity contribution in [1.82, 2.24) is 5.32 Å². The Labute approximate surface area is 192 Å². The molecule has 0 heterocycles. The van der Waals surface area contributed by atoms with Crippen molar-refractivity contribution >= 4 is 39.5 Å². The molecule has 0 aromatic heterocycles. The predicted octanol–water partition coefficient (Wildman–Crippen LogP) is 4.28.